The average molecular weight is 208 g/mol. The predicted molar refractivity (Wildman–Crippen MR) is 50.0 cm³/mol. The predicted octanol–water partition coefficient (Wildman–Crippen LogP) is 0.840. The zero-order valence-electron chi connectivity index (χ0n) is 8.04. The second-order valence-corrected chi connectivity index (χ2v) is 4.83. The lowest BCUT2D eigenvalue weighted by molar-refractivity contribution is -0.160. The molecule has 2 bridgehead atoms. The summed E-state index contributed by atoms with van der Waals surface area (Å²) in [6.07, 6.45) is 4.87. The SMILES string of the molecule is O=C(O)[C@H]1[C@@H]2C=C[C@@H]([C@@H]3C[C@H]23)[C@@H]1C(=O)O. The van der Waals surface area contributed by atoms with Crippen molar-refractivity contribution in [2.75, 3.05) is 0 Å². The molecule has 2 saturated carbocycles. The number of carboxylic acid groups (broad SMARTS) is 2. The number of rotatable bonds is 2. The Balaban J connectivity index is 2.02. The van der Waals surface area contributed by atoms with Crippen molar-refractivity contribution in [1.29, 1.82) is 0 Å². The van der Waals surface area contributed by atoms with E-state index in [4.69, 9.17) is 10.2 Å². The minimum absolute atomic E-state index is 0.0430. The van der Waals surface area contributed by atoms with E-state index in [1.807, 2.05) is 12.2 Å². The lowest BCUT2D eigenvalue weighted by Crippen LogP contribution is -2.46. The van der Waals surface area contributed by atoms with E-state index in [1.165, 1.54) is 0 Å². The summed E-state index contributed by atoms with van der Waals surface area (Å²) in [5, 5.41) is 18.2. The largest absolute Gasteiger partial charge is 0.481 e. The second-order valence-electron chi connectivity index (χ2n) is 4.83. The Bertz CT molecular complexity index is 339. The van der Waals surface area contributed by atoms with E-state index in [0.29, 0.717) is 11.8 Å². The Kier molecular flexibility index (Phi) is 1.56. The van der Waals surface area contributed by atoms with Crippen LogP contribution in [-0.4, -0.2) is 22.2 Å². The van der Waals surface area contributed by atoms with Crippen molar-refractivity contribution < 1.29 is 19.8 Å². The van der Waals surface area contributed by atoms with Gasteiger partial charge in [-0.25, -0.2) is 0 Å². The van der Waals surface area contributed by atoms with Crippen LogP contribution >= 0.6 is 0 Å². The van der Waals surface area contributed by atoms with Crippen LogP contribution in [0.5, 0.6) is 0 Å². The van der Waals surface area contributed by atoms with Gasteiger partial charge in [-0.3, -0.25) is 9.59 Å². The van der Waals surface area contributed by atoms with E-state index in [-0.39, 0.29) is 11.8 Å². The third-order valence-corrected chi connectivity index (χ3v) is 4.22. The highest BCUT2D eigenvalue weighted by Crippen LogP contribution is 2.63. The Hall–Kier alpha value is -1.32. The lowest BCUT2D eigenvalue weighted by Gasteiger charge is -2.40. The summed E-state index contributed by atoms with van der Waals surface area (Å²) in [7, 11) is 0. The minimum Gasteiger partial charge on any atom is -0.481 e. The van der Waals surface area contributed by atoms with E-state index in [1.54, 1.807) is 0 Å². The number of allylic oxidation sites excluding steroid dienone is 2. The van der Waals surface area contributed by atoms with Gasteiger partial charge in [-0.15, -0.1) is 0 Å². The summed E-state index contributed by atoms with van der Waals surface area (Å²) in [4.78, 5) is 22.3. The van der Waals surface area contributed by atoms with E-state index in [0.717, 1.165) is 6.42 Å². The van der Waals surface area contributed by atoms with Gasteiger partial charge in [0.1, 0.15) is 0 Å². The molecule has 4 aliphatic carbocycles. The van der Waals surface area contributed by atoms with Gasteiger partial charge in [0.25, 0.3) is 0 Å². The maximum absolute atomic E-state index is 11.1. The fraction of sp³-hybridized carbons (Fsp3) is 0.636. The summed E-state index contributed by atoms with van der Waals surface area (Å²) in [6, 6.07) is 0. The lowest BCUT2D eigenvalue weighted by atomic mass is 9.62. The highest BCUT2D eigenvalue weighted by atomic mass is 16.4. The molecule has 2 N–H and O–H groups in total. The molecule has 0 spiro atoms. The Labute approximate surface area is 86.6 Å². The van der Waals surface area contributed by atoms with Crippen LogP contribution in [-0.2, 0) is 9.59 Å². The molecule has 0 unspecified atom stereocenters. The number of carboxylic acids is 2. The molecule has 4 rings (SSSR count). The zero-order chi connectivity index (χ0) is 10.7. The number of carbonyl (C=O) groups is 2. The van der Waals surface area contributed by atoms with Gasteiger partial charge in [-0.05, 0) is 30.1 Å². The van der Waals surface area contributed by atoms with Gasteiger partial charge < -0.3 is 10.2 Å². The third kappa shape index (κ3) is 1.02. The Morgan fingerprint density at radius 2 is 1.33 bits per heavy atom. The number of aliphatic carboxylic acids is 2. The molecular weight excluding hydrogens is 196 g/mol. The van der Waals surface area contributed by atoms with E-state index < -0.39 is 23.8 Å². The van der Waals surface area contributed by atoms with E-state index in [2.05, 4.69) is 0 Å². The van der Waals surface area contributed by atoms with Gasteiger partial charge in [-0.1, -0.05) is 12.2 Å². The zero-order valence-corrected chi connectivity index (χ0v) is 8.04. The molecule has 4 heteroatoms. The third-order valence-electron chi connectivity index (χ3n) is 4.22. The molecule has 0 amide bonds. The van der Waals surface area contributed by atoms with Gasteiger partial charge in [0.15, 0.2) is 0 Å². The monoisotopic (exact) mass is 208 g/mol. The summed E-state index contributed by atoms with van der Waals surface area (Å²) < 4.78 is 0. The summed E-state index contributed by atoms with van der Waals surface area (Å²) >= 11 is 0. The molecule has 0 aromatic heterocycles. The fourth-order valence-corrected chi connectivity index (χ4v) is 3.55. The van der Waals surface area contributed by atoms with Gasteiger partial charge in [-0.2, -0.15) is 0 Å². The molecule has 15 heavy (non-hydrogen) atoms. The highest BCUT2D eigenvalue weighted by Gasteiger charge is 2.63. The Morgan fingerprint density at radius 3 is 1.67 bits per heavy atom. The van der Waals surface area contributed by atoms with Crippen LogP contribution in [0, 0.1) is 35.5 Å². The number of hydrogen-bond acceptors (Lipinski definition) is 2. The van der Waals surface area contributed by atoms with Crippen molar-refractivity contribution in [2.24, 2.45) is 35.5 Å². The molecule has 4 aliphatic rings. The Morgan fingerprint density at radius 1 is 0.933 bits per heavy atom. The quantitative estimate of drug-likeness (QED) is 0.659. The summed E-state index contributed by atoms with van der Waals surface area (Å²) in [5.74, 6) is -2.52. The topological polar surface area (TPSA) is 74.6 Å². The molecule has 0 radical (unpaired) electrons. The number of hydrogen-bond donors (Lipinski definition) is 2. The van der Waals surface area contributed by atoms with Crippen molar-refractivity contribution in [3.05, 3.63) is 12.2 Å². The molecular formula is C11H12O4. The maximum atomic E-state index is 11.1. The van der Waals surface area contributed by atoms with Crippen LogP contribution in [0.15, 0.2) is 12.2 Å². The van der Waals surface area contributed by atoms with Crippen molar-refractivity contribution in [2.45, 2.75) is 6.42 Å². The molecule has 6 atom stereocenters. The molecule has 80 valence electrons. The van der Waals surface area contributed by atoms with Crippen LogP contribution in [0.25, 0.3) is 0 Å². The molecule has 0 aliphatic heterocycles. The highest BCUT2D eigenvalue weighted by molar-refractivity contribution is 5.82. The molecule has 0 aromatic carbocycles. The summed E-state index contributed by atoms with van der Waals surface area (Å²) in [6.45, 7) is 0. The van der Waals surface area contributed by atoms with Gasteiger partial charge in [0.2, 0.25) is 0 Å². The molecule has 0 aromatic rings. The van der Waals surface area contributed by atoms with Gasteiger partial charge >= 0.3 is 11.9 Å². The molecule has 0 saturated heterocycles. The second kappa shape index (κ2) is 2.62. The minimum atomic E-state index is -0.952. The van der Waals surface area contributed by atoms with Crippen molar-refractivity contribution in [1.82, 2.24) is 0 Å². The van der Waals surface area contributed by atoms with Gasteiger partial charge in [0.05, 0.1) is 11.8 Å². The average Bonchev–Trinajstić information content (AvgIpc) is 2.96. The van der Waals surface area contributed by atoms with Gasteiger partial charge in [0, 0.05) is 0 Å². The van der Waals surface area contributed by atoms with E-state index >= 15 is 0 Å². The first kappa shape index (κ1) is 8.95. The first-order chi connectivity index (χ1) is 7.11. The smallest absolute Gasteiger partial charge is 0.308 e. The molecule has 2 fully saturated rings. The normalized spacial score (nSPS) is 49.9. The fourth-order valence-electron chi connectivity index (χ4n) is 3.55. The van der Waals surface area contributed by atoms with Crippen molar-refractivity contribution in [3.8, 4) is 0 Å². The molecule has 0 heterocycles. The van der Waals surface area contributed by atoms with Crippen LogP contribution in [0.1, 0.15) is 6.42 Å². The number of fused-ring (bicyclic) bond motifs is 1. The van der Waals surface area contributed by atoms with Crippen LogP contribution < -0.4 is 0 Å². The standard InChI is InChI=1S/C11H12O4/c12-10(13)8-4-1-2-5(7-3-6(4)7)9(8)11(14)15/h1-2,4-9H,3H2,(H,12,13)(H,14,15)/t4-,5+,6-,7+,8-,9-/m0/s1. The molecule has 4 nitrogen and oxygen atoms in total. The van der Waals surface area contributed by atoms with E-state index in [9.17, 15) is 9.59 Å². The van der Waals surface area contributed by atoms with Crippen molar-refractivity contribution in [3.63, 3.8) is 0 Å². The first-order valence-corrected chi connectivity index (χ1v) is 5.25. The van der Waals surface area contributed by atoms with Crippen LogP contribution in [0.4, 0.5) is 0 Å². The van der Waals surface area contributed by atoms with Crippen molar-refractivity contribution >= 4 is 11.9 Å². The summed E-state index contributed by atoms with van der Waals surface area (Å²) in [5.41, 5.74) is 0. The first-order valence-electron chi connectivity index (χ1n) is 5.25. The maximum Gasteiger partial charge on any atom is 0.308 e. The van der Waals surface area contributed by atoms with Crippen LogP contribution in [0.3, 0.4) is 0 Å². The van der Waals surface area contributed by atoms with Crippen LogP contribution in [0.2, 0.25) is 0 Å².